The van der Waals surface area contributed by atoms with Gasteiger partial charge in [-0.05, 0) is 31.5 Å². The van der Waals surface area contributed by atoms with Gasteiger partial charge in [0.2, 0.25) is 5.91 Å². The minimum Gasteiger partial charge on any atom is -0.508 e. The van der Waals surface area contributed by atoms with Gasteiger partial charge in [-0.2, -0.15) is 0 Å². The lowest BCUT2D eigenvalue weighted by molar-refractivity contribution is -0.124. The molecule has 2 heterocycles. The van der Waals surface area contributed by atoms with Crippen molar-refractivity contribution >= 4 is 11.7 Å². The minimum absolute atomic E-state index is 0.0278. The van der Waals surface area contributed by atoms with Gasteiger partial charge in [0.25, 0.3) is 0 Å². The second-order valence-electron chi connectivity index (χ2n) is 5.66. The van der Waals surface area contributed by atoms with Gasteiger partial charge in [-0.15, -0.1) is 0 Å². The van der Waals surface area contributed by atoms with Crippen molar-refractivity contribution in [3.8, 4) is 11.5 Å². The van der Waals surface area contributed by atoms with Crippen LogP contribution in [0, 0.1) is 5.92 Å². The normalized spacial score (nSPS) is 25.4. The van der Waals surface area contributed by atoms with Crippen molar-refractivity contribution in [1.29, 1.82) is 0 Å². The van der Waals surface area contributed by atoms with Gasteiger partial charge < -0.3 is 15.5 Å². The van der Waals surface area contributed by atoms with Crippen LogP contribution < -0.4 is 5.32 Å². The molecule has 112 valence electrons. The number of nitrogens with zero attached hydrogens (tertiary/aromatic N) is 1. The third-order valence-corrected chi connectivity index (χ3v) is 4.34. The molecule has 2 aliphatic heterocycles. The molecule has 2 fully saturated rings. The zero-order valence-electron chi connectivity index (χ0n) is 11.6. The summed E-state index contributed by atoms with van der Waals surface area (Å²) < 4.78 is 0. The summed E-state index contributed by atoms with van der Waals surface area (Å²) in [6.45, 7) is 1.54. The number of piperidine rings is 1. The number of rotatable bonds is 3. The average Bonchev–Trinajstić information content (AvgIpc) is 2.81. The van der Waals surface area contributed by atoms with Crippen molar-refractivity contribution in [2.75, 3.05) is 19.6 Å². The predicted octanol–water partition coefficient (Wildman–Crippen LogP) is 0.491. The van der Waals surface area contributed by atoms with Gasteiger partial charge in [0, 0.05) is 18.7 Å². The van der Waals surface area contributed by atoms with Crippen molar-refractivity contribution in [3.63, 3.8) is 0 Å². The summed E-state index contributed by atoms with van der Waals surface area (Å²) in [6, 6.07) is 4.03. The van der Waals surface area contributed by atoms with Crippen molar-refractivity contribution in [3.05, 3.63) is 23.8 Å². The van der Waals surface area contributed by atoms with Crippen LogP contribution in [0.1, 0.15) is 23.2 Å². The van der Waals surface area contributed by atoms with Crippen LogP contribution in [0.3, 0.4) is 0 Å². The molecule has 0 saturated carbocycles. The van der Waals surface area contributed by atoms with E-state index in [2.05, 4.69) is 5.32 Å². The molecule has 1 aromatic carbocycles. The first-order valence-corrected chi connectivity index (χ1v) is 7.13. The number of Topliss-reactive ketones (excluding diaryl/α,β-unsaturated/α-hetero) is 1. The molecule has 2 unspecified atom stereocenters. The molecule has 0 radical (unpaired) electrons. The number of phenols is 2. The maximum Gasteiger partial charge on any atom is 0.224 e. The molecule has 2 atom stereocenters. The molecule has 3 rings (SSSR count). The molecule has 0 aliphatic carbocycles. The summed E-state index contributed by atoms with van der Waals surface area (Å²) in [5, 5.41) is 21.9. The van der Waals surface area contributed by atoms with E-state index in [1.54, 1.807) is 0 Å². The Kier molecular flexibility index (Phi) is 3.55. The molecule has 0 spiro atoms. The number of carbonyl (C=O) groups excluding carboxylic acids is 2. The van der Waals surface area contributed by atoms with Crippen LogP contribution in [0.4, 0.5) is 0 Å². The molecule has 3 N–H and O–H groups in total. The van der Waals surface area contributed by atoms with Crippen molar-refractivity contribution in [2.24, 2.45) is 5.92 Å². The lowest BCUT2D eigenvalue weighted by atomic mass is 9.91. The van der Waals surface area contributed by atoms with Crippen molar-refractivity contribution in [1.82, 2.24) is 10.2 Å². The Morgan fingerprint density at radius 2 is 2.19 bits per heavy atom. The number of benzene rings is 1. The van der Waals surface area contributed by atoms with Gasteiger partial charge in [0.1, 0.15) is 11.5 Å². The summed E-state index contributed by atoms with van der Waals surface area (Å²) in [6.07, 6.45) is 1.76. The molecule has 1 amide bonds. The smallest absolute Gasteiger partial charge is 0.224 e. The van der Waals surface area contributed by atoms with E-state index in [1.165, 1.54) is 12.1 Å². The van der Waals surface area contributed by atoms with E-state index >= 15 is 0 Å². The zero-order chi connectivity index (χ0) is 15.0. The Bertz CT molecular complexity index is 587. The summed E-state index contributed by atoms with van der Waals surface area (Å²) >= 11 is 0. The third-order valence-electron chi connectivity index (χ3n) is 4.34. The fourth-order valence-corrected chi connectivity index (χ4v) is 3.26. The van der Waals surface area contributed by atoms with Crippen LogP contribution in [-0.2, 0) is 4.79 Å². The van der Waals surface area contributed by atoms with Gasteiger partial charge in [0.05, 0.1) is 18.0 Å². The van der Waals surface area contributed by atoms with Crippen molar-refractivity contribution in [2.45, 2.75) is 18.9 Å². The Morgan fingerprint density at radius 1 is 1.38 bits per heavy atom. The highest BCUT2D eigenvalue weighted by molar-refractivity contribution is 6.00. The highest BCUT2D eigenvalue weighted by atomic mass is 16.3. The molecule has 1 aromatic rings. The van der Waals surface area contributed by atoms with E-state index in [-0.39, 0.29) is 47.3 Å². The number of likely N-dealkylation sites (tertiary alicyclic amines) is 1. The van der Waals surface area contributed by atoms with Crippen LogP contribution in [0.2, 0.25) is 0 Å². The number of aromatic hydroxyl groups is 2. The SMILES string of the molecule is O=C(CN1CCCC2C(=O)NCC21)c1ccc(O)cc1O. The van der Waals surface area contributed by atoms with Crippen molar-refractivity contribution < 1.29 is 19.8 Å². The predicted molar refractivity (Wildman–Crippen MR) is 75.2 cm³/mol. The number of carbonyl (C=O) groups is 2. The number of amides is 1. The highest BCUT2D eigenvalue weighted by Crippen LogP contribution is 2.28. The number of nitrogens with one attached hydrogen (secondary N) is 1. The third kappa shape index (κ3) is 2.58. The molecular weight excluding hydrogens is 272 g/mol. The van der Waals surface area contributed by atoms with E-state index < -0.39 is 0 Å². The molecule has 2 saturated heterocycles. The van der Waals surface area contributed by atoms with Gasteiger partial charge in [-0.25, -0.2) is 0 Å². The summed E-state index contributed by atoms with van der Waals surface area (Å²) in [5.74, 6) is -0.445. The first kappa shape index (κ1) is 13.9. The average molecular weight is 290 g/mol. The number of hydrogen-bond acceptors (Lipinski definition) is 5. The first-order valence-electron chi connectivity index (χ1n) is 7.13. The summed E-state index contributed by atoms with van der Waals surface area (Å²) in [5.41, 5.74) is 0.201. The topological polar surface area (TPSA) is 89.9 Å². The molecule has 0 bridgehead atoms. The van der Waals surface area contributed by atoms with E-state index in [9.17, 15) is 19.8 Å². The second kappa shape index (κ2) is 5.37. The van der Waals surface area contributed by atoms with E-state index in [0.717, 1.165) is 25.5 Å². The van der Waals surface area contributed by atoms with Gasteiger partial charge in [-0.3, -0.25) is 14.5 Å². The van der Waals surface area contributed by atoms with Gasteiger partial charge >= 0.3 is 0 Å². The van der Waals surface area contributed by atoms with Crippen LogP contribution in [0.15, 0.2) is 18.2 Å². The number of ketones is 1. The lowest BCUT2D eigenvalue weighted by Crippen LogP contribution is -2.47. The zero-order valence-corrected chi connectivity index (χ0v) is 11.6. The molecule has 21 heavy (non-hydrogen) atoms. The van der Waals surface area contributed by atoms with E-state index in [1.807, 2.05) is 4.90 Å². The quantitative estimate of drug-likeness (QED) is 0.705. The van der Waals surface area contributed by atoms with Crippen LogP contribution in [0.5, 0.6) is 11.5 Å². The van der Waals surface area contributed by atoms with Gasteiger partial charge in [-0.1, -0.05) is 0 Å². The van der Waals surface area contributed by atoms with Crippen LogP contribution in [0.25, 0.3) is 0 Å². The first-order chi connectivity index (χ1) is 10.1. The number of fused-ring (bicyclic) bond motifs is 1. The standard InChI is InChI=1S/C15H18N2O4/c18-9-3-4-11(13(19)6-9)14(20)8-17-5-1-2-10-12(17)7-16-15(10)21/h3-4,6,10,12,18-19H,1-2,5,7-8H2,(H,16,21). The molecule has 6 nitrogen and oxygen atoms in total. The number of phenolic OH excluding ortho intramolecular Hbond substituents is 2. The Morgan fingerprint density at radius 3 is 2.95 bits per heavy atom. The van der Waals surface area contributed by atoms with Crippen LogP contribution in [-0.4, -0.2) is 52.5 Å². The second-order valence-corrected chi connectivity index (χ2v) is 5.66. The molecular formula is C15H18N2O4. The molecule has 0 aromatic heterocycles. The monoisotopic (exact) mass is 290 g/mol. The van der Waals surface area contributed by atoms with E-state index in [4.69, 9.17) is 0 Å². The van der Waals surface area contributed by atoms with Gasteiger partial charge in [0.15, 0.2) is 5.78 Å². The fraction of sp³-hybridized carbons (Fsp3) is 0.467. The largest absolute Gasteiger partial charge is 0.508 e. The van der Waals surface area contributed by atoms with E-state index in [0.29, 0.717) is 6.54 Å². The Hall–Kier alpha value is -2.08. The minimum atomic E-state index is -0.214. The molecule has 2 aliphatic rings. The lowest BCUT2D eigenvalue weighted by Gasteiger charge is -2.35. The Labute approximate surface area is 122 Å². The molecule has 6 heteroatoms. The highest BCUT2D eigenvalue weighted by Gasteiger charge is 2.41. The maximum absolute atomic E-state index is 12.3. The fourth-order valence-electron chi connectivity index (χ4n) is 3.26. The maximum atomic E-state index is 12.3. The van der Waals surface area contributed by atoms with Crippen LogP contribution >= 0.6 is 0 Å². The number of hydrogen-bond donors (Lipinski definition) is 3. The Balaban J connectivity index is 1.73. The summed E-state index contributed by atoms with van der Waals surface area (Å²) in [7, 11) is 0. The summed E-state index contributed by atoms with van der Waals surface area (Å²) in [4.78, 5) is 26.1.